The third-order valence-electron chi connectivity index (χ3n) is 2.51. The zero-order chi connectivity index (χ0) is 11.2. The van der Waals surface area contributed by atoms with Crippen LogP contribution in [0, 0.1) is 0 Å². The summed E-state index contributed by atoms with van der Waals surface area (Å²) in [6.07, 6.45) is 2.97. The first-order valence-corrected chi connectivity index (χ1v) is 6.33. The van der Waals surface area contributed by atoms with Gasteiger partial charge in [-0.15, -0.1) is 11.3 Å². The summed E-state index contributed by atoms with van der Waals surface area (Å²) in [4.78, 5) is 6.60. The van der Waals surface area contributed by atoms with Crippen molar-refractivity contribution >= 4 is 11.3 Å². The van der Waals surface area contributed by atoms with Crippen LogP contribution in [0.3, 0.4) is 0 Å². The molecule has 0 radical (unpaired) electrons. The molecule has 0 spiro atoms. The molecule has 2 rings (SSSR count). The van der Waals surface area contributed by atoms with Gasteiger partial charge in [-0.2, -0.15) is 0 Å². The first-order chi connectivity index (χ1) is 7.84. The minimum atomic E-state index is 0.949. The van der Waals surface area contributed by atoms with Gasteiger partial charge in [0.15, 0.2) is 0 Å². The van der Waals surface area contributed by atoms with Crippen LogP contribution >= 0.6 is 11.3 Å². The van der Waals surface area contributed by atoms with E-state index in [1.165, 1.54) is 10.6 Å². The highest BCUT2D eigenvalue weighted by molar-refractivity contribution is 7.09. The molecular formula is C13H16N2S. The Balaban J connectivity index is 1.78. The minimum Gasteiger partial charge on any atom is -0.299 e. The van der Waals surface area contributed by atoms with Crippen molar-refractivity contribution in [3.05, 3.63) is 52.5 Å². The van der Waals surface area contributed by atoms with E-state index < -0.39 is 0 Å². The molecule has 16 heavy (non-hydrogen) atoms. The molecule has 0 N–H and O–H groups in total. The maximum Gasteiger partial charge on any atom is 0.107 e. The molecule has 0 aliphatic carbocycles. The van der Waals surface area contributed by atoms with Gasteiger partial charge >= 0.3 is 0 Å². The highest BCUT2D eigenvalue weighted by atomic mass is 32.1. The highest BCUT2D eigenvalue weighted by Gasteiger charge is 2.02. The van der Waals surface area contributed by atoms with Gasteiger partial charge in [0.05, 0.1) is 6.54 Å². The molecule has 84 valence electrons. The Bertz CT molecular complexity index is 397. The van der Waals surface area contributed by atoms with Crippen molar-refractivity contribution in [3.8, 4) is 0 Å². The maximum absolute atomic E-state index is 4.29. The fraction of sp³-hybridized carbons (Fsp3) is 0.308. The first kappa shape index (κ1) is 11.3. The Hall–Kier alpha value is -1.19. The van der Waals surface area contributed by atoms with Crippen molar-refractivity contribution in [2.75, 3.05) is 13.6 Å². The fourth-order valence-corrected chi connectivity index (χ4v) is 2.30. The van der Waals surface area contributed by atoms with Crippen molar-refractivity contribution in [2.45, 2.75) is 13.0 Å². The lowest BCUT2D eigenvalue weighted by atomic mass is 10.1. The lowest BCUT2D eigenvalue weighted by Gasteiger charge is -2.14. The van der Waals surface area contributed by atoms with Crippen molar-refractivity contribution in [3.63, 3.8) is 0 Å². The second kappa shape index (κ2) is 5.77. The standard InChI is InChI=1S/C13H16N2S/c1-15(11-13-14-8-10-16-13)9-7-12-5-3-2-4-6-12/h2-6,8,10H,7,9,11H2,1H3. The van der Waals surface area contributed by atoms with Crippen LogP contribution in [0.2, 0.25) is 0 Å². The van der Waals surface area contributed by atoms with Gasteiger partial charge in [-0.1, -0.05) is 30.3 Å². The quantitative estimate of drug-likeness (QED) is 0.788. The van der Waals surface area contributed by atoms with E-state index in [1.807, 2.05) is 11.6 Å². The molecule has 0 saturated carbocycles. The van der Waals surface area contributed by atoms with Gasteiger partial charge in [0, 0.05) is 18.1 Å². The first-order valence-electron chi connectivity index (χ1n) is 5.45. The number of hydrogen-bond acceptors (Lipinski definition) is 3. The minimum absolute atomic E-state index is 0.949. The summed E-state index contributed by atoms with van der Waals surface area (Å²) in [7, 11) is 2.14. The summed E-state index contributed by atoms with van der Waals surface area (Å²) >= 11 is 1.72. The number of likely N-dealkylation sites (N-methyl/N-ethyl adjacent to an activating group) is 1. The van der Waals surface area contributed by atoms with Crippen LogP contribution < -0.4 is 0 Å². The van der Waals surface area contributed by atoms with Crippen LogP contribution in [0.1, 0.15) is 10.6 Å². The number of nitrogens with zero attached hydrogens (tertiary/aromatic N) is 2. The van der Waals surface area contributed by atoms with E-state index in [2.05, 4.69) is 47.3 Å². The Morgan fingerprint density at radius 2 is 2.06 bits per heavy atom. The SMILES string of the molecule is CN(CCc1ccccc1)Cc1nccs1. The lowest BCUT2D eigenvalue weighted by Crippen LogP contribution is -2.20. The van der Waals surface area contributed by atoms with Crippen LogP contribution in [-0.4, -0.2) is 23.5 Å². The van der Waals surface area contributed by atoms with Crippen LogP contribution in [0.15, 0.2) is 41.9 Å². The van der Waals surface area contributed by atoms with E-state index in [0.29, 0.717) is 0 Å². The van der Waals surface area contributed by atoms with Crippen molar-refractivity contribution in [2.24, 2.45) is 0 Å². The average Bonchev–Trinajstić information content (AvgIpc) is 2.81. The van der Waals surface area contributed by atoms with Crippen LogP contribution in [0.25, 0.3) is 0 Å². The molecule has 0 fully saturated rings. The molecule has 0 amide bonds. The fourth-order valence-electron chi connectivity index (χ4n) is 1.61. The summed E-state index contributed by atoms with van der Waals surface area (Å²) in [6.45, 7) is 2.02. The van der Waals surface area contributed by atoms with Gasteiger partial charge in [0.1, 0.15) is 5.01 Å². The zero-order valence-corrected chi connectivity index (χ0v) is 10.3. The van der Waals surface area contributed by atoms with Gasteiger partial charge in [-0.05, 0) is 19.0 Å². The number of hydrogen-bond donors (Lipinski definition) is 0. The summed E-state index contributed by atoms with van der Waals surface area (Å²) in [5, 5.41) is 3.22. The van der Waals surface area contributed by atoms with Gasteiger partial charge in [-0.3, -0.25) is 4.90 Å². The summed E-state index contributed by atoms with van der Waals surface area (Å²) in [5.41, 5.74) is 1.40. The number of rotatable bonds is 5. The molecule has 1 aromatic heterocycles. The zero-order valence-electron chi connectivity index (χ0n) is 9.47. The molecule has 0 aliphatic rings. The van der Waals surface area contributed by atoms with Crippen molar-refractivity contribution in [1.29, 1.82) is 0 Å². The molecule has 0 saturated heterocycles. The van der Waals surface area contributed by atoms with E-state index in [0.717, 1.165) is 19.5 Å². The smallest absolute Gasteiger partial charge is 0.107 e. The third-order valence-corrected chi connectivity index (χ3v) is 3.28. The molecule has 1 aromatic carbocycles. The molecule has 3 heteroatoms. The molecular weight excluding hydrogens is 216 g/mol. The second-order valence-electron chi connectivity index (χ2n) is 3.90. The predicted octanol–water partition coefficient (Wildman–Crippen LogP) is 2.82. The monoisotopic (exact) mass is 232 g/mol. The largest absolute Gasteiger partial charge is 0.299 e. The predicted molar refractivity (Wildman–Crippen MR) is 68.6 cm³/mol. The van der Waals surface area contributed by atoms with Crippen LogP contribution in [0.5, 0.6) is 0 Å². The second-order valence-corrected chi connectivity index (χ2v) is 4.88. The molecule has 0 aliphatic heterocycles. The lowest BCUT2D eigenvalue weighted by molar-refractivity contribution is 0.330. The molecule has 2 aromatic rings. The topological polar surface area (TPSA) is 16.1 Å². The number of benzene rings is 1. The number of aromatic nitrogens is 1. The van der Waals surface area contributed by atoms with Crippen molar-refractivity contribution < 1.29 is 0 Å². The summed E-state index contributed by atoms with van der Waals surface area (Å²) in [5.74, 6) is 0. The molecule has 2 nitrogen and oxygen atoms in total. The van der Waals surface area contributed by atoms with Gasteiger partial charge in [-0.25, -0.2) is 4.98 Å². The molecule has 0 atom stereocenters. The Kier molecular flexibility index (Phi) is 4.08. The normalized spacial score (nSPS) is 10.9. The Morgan fingerprint density at radius 1 is 1.25 bits per heavy atom. The van der Waals surface area contributed by atoms with Crippen molar-refractivity contribution in [1.82, 2.24) is 9.88 Å². The average molecular weight is 232 g/mol. The molecule has 0 bridgehead atoms. The van der Waals surface area contributed by atoms with Gasteiger partial charge < -0.3 is 0 Å². The van der Waals surface area contributed by atoms with E-state index in [-0.39, 0.29) is 0 Å². The van der Waals surface area contributed by atoms with Crippen LogP contribution in [0.4, 0.5) is 0 Å². The van der Waals surface area contributed by atoms with E-state index >= 15 is 0 Å². The third kappa shape index (κ3) is 3.43. The molecule has 0 unspecified atom stereocenters. The van der Waals surface area contributed by atoms with E-state index in [9.17, 15) is 0 Å². The van der Waals surface area contributed by atoms with Gasteiger partial charge in [0.25, 0.3) is 0 Å². The summed E-state index contributed by atoms with van der Waals surface area (Å²) in [6, 6.07) is 10.6. The molecule has 1 heterocycles. The number of thiazole rings is 1. The van der Waals surface area contributed by atoms with E-state index in [1.54, 1.807) is 11.3 Å². The maximum atomic E-state index is 4.29. The van der Waals surface area contributed by atoms with Crippen LogP contribution in [-0.2, 0) is 13.0 Å². The highest BCUT2D eigenvalue weighted by Crippen LogP contribution is 2.07. The van der Waals surface area contributed by atoms with Gasteiger partial charge in [0.2, 0.25) is 0 Å². The Morgan fingerprint density at radius 3 is 2.75 bits per heavy atom. The van der Waals surface area contributed by atoms with E-state index in [4.69, 9.17) is 0 Å². The summed E-state index contributed by atoms with van der Waals surface area (Å²) < 4.78 is 0. The Labute approximate surface area is 101 Å².